The largest absolute Gasteiger partial charge is 0.345 e. The van der Waals surface area contributed by atoms with Crippen molar-refractivity contribution in [1.82, 2.24) is 5.32 Å². The van der Waals surface area contributed by atoms with Crippen LogP contribution in [-0.4, -0.2) is 5.91 Å². The summed E-state index contributed by atoms with van der Waals surface area (Å²) in [5, 5.41) is 3.48. The summed E-state index contributed by atoms with van der Waals surface area (Å²) in [6.45, 7) is 4.17. The average Bonchev–Trinajstić information content (AvgIpc) is 2.45. The summed E-state index contributed by atoms with van der Waals surface area (Å²) in [5.41, 5.74) is 1.67. The average molecular weight is 210 g/mol. The van der Waals surface area contributed by atoms with Crippen molar-refractivity contribution in [3.8, 4) is 0 Å². The van der Waals surface area contributed by atoms with E-state index in [1.54, 1.807) is 6.07 Å². The molecule has 1 aromatic carbocycles. The van der Waals surface area contributed by atoms with Gasteiger partial charge in [-0.25, -0.2) is 0 Å². The number of carbonyl (C=O) groups excluding carboxylic acids is 1. The lowest BCUT2D eigenvalue weighted by Crippen LogP contribution is -2.22. The third-order valence-electron chi connectivity index (χ3n) is 2.56. The maximum atomic E-state index is 11.6. The van der Waals surface area contributed by atoms with Crippen molar-refractivity contribution >= 4 is 17.5 Å². The zero-order valence-electron chi connectivity index (χ0n) is 8.17. The molecule has 2 rings (SSSR count). The first-order valence-electron chi connectivity index (χ1n) is 4.70. The van der Waals surface area contributed by atoms with Crippen molar-refractivity contribution in [1.29, 1.82) is 0 Å². The fraction of sp³-hybridized carbons (Fsp3) is 0.364. The number of halogens is 1. The van der Waals surface area contributed by atoms with E-state index in [4.69, 9.17) is 11.6 Å². The number of nitrogens with one attached hydrogen (secondary N) is 1. The van der Waals surface area contributed by atoms with Crippen LogP contribution < -0.4 is 5.32 Å². The molecule has 1 atom stereocenters. The van der Waals surface area contributed by atoms with Crippen LogP contribution in [-0.2, 0) is 0 Å². The van der Waals surface area contributed by atoms with Crippen LogP contribution in [0.15, 0.2) is 18.2 Å². The zero-order valence-corrected chi connectivity index (χ0v) is 8.93. The lowest BCUT2D eigenvalue weighted by atomic mass is 9.96. The predicted octanol–water partition coefficient (Wildman–Crippen LogP) is 2.78. The van der Waals surface area contributed by atoms with Crippen LogP contribution in [0.4, 0.5) is 0 Å². The van der Waals surface area contributed by atoms with E-state index >= 15 is 0 Å². The van der Waals surface area contributed by atoms with Gasteiger partial charge in [0.25, 0.3) is 5.91 Å². The van der Waals surface area contributed by atoms with Crippen LogP contribution in [0.1, 0.15) is 35.8 Å². The molecule has 0 spiro atoms. The molecule has 74 valence electrons. The molecule has 2 nitrogen and oxygen atoms in total. The molecular weight excluding hydrogens is 198 g/mol. The molecule has 14 heavy (non-hydrogen) atoms. The van der Waals surface area contributed by atoms with E-state index in [9.17, 15) is 4.79 Å². The summed E-state index contributed by atoms with van der Waals surface area (Å²) in [6.07, 6.45) is 0. The maximum Gasteiger partial charge on any atom is 0.253 e. The standard InChI is InChI=1S/C11H12ClNO/c1-6(2)10-7-4-3-5-8(12)9(7)11(14)13-10/h3-6,10H,1-2H3,(H,13,14). The number of rotatable bonds is 1. The van der Waals surface area contributed by atoms with E-state index in [2.05, 4.69) is 19.2 Å². The minimum Gasteiger partial charge on any atom is -0.345 e. The monoisotopic (exact) mass is 209 g/mol. The van der Waals surface area contributed by atoms with E-state index < -0.39 is 0 Å². The molecule has 1 heterocycles. The second-order valence-corrected chi connectivity index (χ2v) is 4.31. The van der Waals surface area contributed by atoms with E-state index in [0.29, 0.717) is 16.5 Å². The molecule has 0 radical (unpaired) electrons. The Morgan fingerprint density at radius 3 is 2.79 bits per heavy atom. The highest BCUT2D eigenvalue weighted by Crippen LogP contribution is 2.34. The fourth-order valence-corrected chi connectivity index (χ4v) is 2.12. The molecule has 3 heteroatoms. The highest BCUT2D eigenvalue weighted by atomic mass is 35.5. The van der Waals surface area contributed by atoms with Gasteiger partial charge in [0.05, 0.1) is 16.6 Å². The van der Waals surface area contributed by atoms with Crippen molar-refractivity contribution in [3.05, 3.63) is 34.3 Å². The van der Waals surface area contributed by atoms with Crippen molar-refractivity contribution in [3.63, 3.8) is 0 Å². The van der Waals surface area contributed by atoms with Gasteiger partial charge in [-0.05, 0) is 17.5 Å². The molecule has 1 amide bonds. The Morgan fingerprint density at radius 1 is 1.43 bits per heavy atom. The van der Waals surface area contributed by atoms with Crippen LogP contribution in [0.25, 0.3) is 0 Å². The Bertz CT molecular complexity index is 387. The van der Waals surface area contributed by atoms with Gasteiger partial charge in [0, 0.05) is 0 Å². The highest BCUT2D eigenvalue weighted by Gasteiger charge is 2.31. The molecular formula is C11H12ClNO. The van der Waals surface area contributed by atoms with Gasteiger partial charge in [-0.1, -0.05) is 37.6 Å². The van der Waals surface area contributed by atoms with Gasteiger partial charge in [-0.2, -0.15) is 0 Å². The molecule has 0 aromatic heterocycles. The molecule has 1 aliphatic heterocycles. The molecule has 1 unspecified atom stereocenters. The topological polar surface area (TPSA) is 29.1 Å². The van der Waals surface area contributed by atoms with E-state index in [1.165, 1.54) is 0 Å². The summed E-state index contributed by atoms with van der Waals surface area (Å²) in [5.74, 6) is 0.336. The number of carbonyl (C=O) groups is 1. The molecule has 0 saturated carbocycles. The third-order valence-corrected chi connectivity index (χ3v) is 2.88. The van der Waals surface area contributed by atoms with Gasteiger partial charge in [0.2, 0.25) is 0 Å². The van der Waals surface area contributed by atoms with Crippen LogP contribution in [0.3, 0.4) is 0 Å². The maximum absolute atomic E-state index is 11.6. The van der Waals surface area contributed by atoms with Gasteiger partial charge in [0.15, 0.2) is 0 Å². The Hall–Kier alpha value is -1.02. The predicted molar refractivity (Wildman–Crippen MR) is 56.5 cm³/mol. The Kier molecular flexibility index (Phi) is 2.23. The number of amides is 1. The van der Waals surface area contributed by atoms with Crippen LogP contribution in [0.5, 0.6) is 0 Å². The fourth-order valence-electron chi connectivity index (χ4n) is 1.86. The number of fused-ring (bicyclic) bond motifs is 1. The molecule has 0 saturated heterocycles. The number of benzene rings is 1. The summed E-state index contributed by atoms with van der Waals surface area (Å²) in [6, 6.07) is 5.71. The Labute approximate surface area is 88.3 Å². The smallest absolute Gasteiger partial charge is 0.253 e. The molecule has 0 aliphatic carbocycles. The summed E-state index contributed by atoms with van der Waals surface area (Å²) >= 11 is 5.97. The Balaban J connectivity index is 2.55. The highest BCUT2D eigenvalue weighted by molar-refractivity contribution is 6.34. The third kappa shape index (κ3) is 1.30. The first kappa shape index (κ1) is 9.53. The van der Waals surface area contributed by atoms with Crippen molar-refractivity contribution in [2.45, 2.75) is 19.9 Å². The second-order valence-electron chi connectivity index (χ2n) is 3.90. The van der Waals surface area contributed by atoms with E-state index in [-0.39, 0.29) is 11.9 Å². The van der Waals surface area contributed by atoms with E-state index in [1.807, 2.05) is 12.1 Å². The molecule has 0 fully saturated rings. The van der Waals surface area contributed by atoms with Gasteiger partial charge >= 0.3 is 0 Å². The Morgan fingerprint density at radius 2 is 2.14 bits per heavy atom. The second kappa shape index (κ2) is 3.28. The van der Waals surface area contributed by atoms with Gasteiger partial charge < -0.3 is 5.32 Å². The molecule has 1 aromatic rings. The van der Waals surface area contributed by atoms with Crippen molar-refractivity contribution < 1.29 is 4.79 Å². The van der Waals surface area contributed by atoms with Crippen LogP contribution in [0.2, 0.25) is 5.02 Å². The molecule has 1 aliphatic rings. The van der Waals surface area contributed by atoms with E-state index in [0.717, 1.165) is 5.56 Å². The molecule has 0 bridgehead atoms. The van der Waals surface area contributed by atoms with Gasteiger partial charge in [-0.3, -0.25) is 4.79 Å². The van der Waals surface area contributed by atoms with Gasteiger partial charge in [0.1, 0.15) is 0 Å². The zero-order chi connectivity index (χ0) is 10.3. The number of hydrogen-bond acceptors (Lipinski definition) is 1. The molecule has 1 N–H and O–H groups in total. The quantitative estimate of drug-likeness (QED) is 0.757. The van der Waals surface area contributed by atoms with Gasteiger partial charge in [-0.15, -0.1) is 0 Å². The summed E-state index contributed by atoms with van der Waals surface area (Å²) in [7, 11) is 0. The minimum atomic E-state index is -0.0516. The summed E-state index contributed by atoms with van der Waals surface area (Å²) < 4.78 is 0. The van der Waals surface area contributed by atoms with Crippen LogP contribution >= 0.6 is 11.6 Å². The number of hydrogen-bond donors (Lipinski definition) is 1. The first-order chi connectivity index (χ1) is 6.61. The first-order valence-corrected chi connectivity index (χ1v) is 5.08. The lowest BCUT2D eigenvalue weighted by molar-refractivity contribution is 0.0949. The summed E-state index contributed by atoms with van der Waals surface area (Å²) in [4.78, 5) is 11.6. The lowest BCUT2D eigenvalue weighted by Gasteiger charge is -2.15. The van der Waals surface area contributed by atoms with Crippen molar-refractivity contribution in [2.24, 2.45) is 5.92 Å². The van der Waals surface area contributed by atoms with Crippen LogP contribution in [0, 0.1) is 5.92 Å². The minimum absolute atomic E-state index is 0.0516. The normalized spacial score (nSPS) is 19.7. The SMILES string of the molecule is CC(C)C1NC(=O)c2c(Cl)cccc21. The van der Waals surface area contributed by atoms with Crippen molar-refractivity contribution in [2.75, 3.05) is 0 Å².